The van der Waals surface area contributed by atoms with Crippen molar-refractivity contribution in [3.8, 4) is 5.75 Å². The monoisotopic (exact) mass is 425 g/mol. The lowest BCUT2D eigenvalue weighted by molar-refractivity contribution is 0.0935. The first-order valence-corrected chi connectivity index (χ1v) is 10.9. The Labute approximate surface area is 181 Å². The number of carbonyl (C=O) groups excluding carboxylic acids is 1. The van der Waals surface area contributed by atoms with E-state index in [2.05, 4.69) is 12.2 Å². The van der Waals surface area contributed by atoms with Crippen LogP contribution in [-0.2, 0) is 5.75 Å². The van der Waals surface area contributed by atoms with Crippen LogP contribution in [0.1, 0.15) is 40.9 Å². The molecule has 0 aliphatic carbocycles. The topological polar surface area (TPSA) is 38.3 Å². The van der Waals surface area contributed by atoms with E-state index in [1.807, 2.05) is 72.8 Å². The minimum atomic E-state index is -0.0652. The summed E-state index contributed by atoms with van der Waals surface area (Å²) in [4.78, 5) is 13.8. The van der Waals surface area contributed by atoms with Gasteiger partial charge in [-0.1, -0.05) is 42.8 Å². The smallest absolute Gasteiger partial charge is 0.251 e. The highest BCUT2D eigenvalue weighted by molar-refractivity contribution is 7.98. The molecule has 29 heavy (non-hydrogen) atoms. The van der Waals surface area contributed by atoms with Crippen molar-refractivity contribution in [1.82, 2.24) is 5.32 Å². The Kier molecular flexibility index (Phi) is 7.62. The highest BCUT2D eigenvalue weighted by Gasteiger charge is 2.14. The molecule has 0 unspecified atom stereocenters. The van der Waals surface area contributed by atoms with Crippen LogP contribution in [-0.4, -0.2) is 13.0 Å². The van der Waals surface area contributed by atoms with Crippen LogP contribution in [0.3, 0.4) is 0 Å². The number of ether oxygens (including phenoxy) is 1. The highest BCUT2D eigenvalue weighted by Crippen LogP contribution is 2.25. The number of amides is 1. The van der Waals surface area contributed by atoms with Crippen LogP contribution in [0.2, 0.25) is 5.02 Å². The summed E-state index contributed by atoms with van der Waals surface area (Å²) >= 11 is 7.66. The van der Waals surface area contributed by atoms with Crippen LogP contribution < -0.4 is 10.1 Å². The Morgan fingerprint density at radius 3 is 2.24 bits per heavy atom. The lowest BCUT2D eigenvalue weighted by Gasteiger charge is -2.18. The van der Waals surface area contributed by atoms with Gasteiger partial charge in [0.05, 0.1) is 13.2 Å². The van der Waals surface area contributed by atoms with Crippen molar-refractivity contribution in [2.75, 3.05) is 7.11 Å². The number of rotatable bonds is 8. The number of methoxy groups -OCH3 is 1. The average molecular weight is 426 g/mol. The summed E-state index contributed by atoms with van der Waals surface area (Å²) in [5.74, 6) is 1.58. The maximum Gasteiger partial charge on any atom is 0.251 e. The molecule has 1 atom stereocenters. The molecule has 0 heterocycles. The molecule has 0 aliphatic rings. The molecule has 3 nitrogen and oxygen atoms in total. The zero-order valence-corrected chi connectivity index (χ0v) is 18.1. The van der Waals surface area contributed by atoms with E-state index in [0.717, 1.165) is 28.5 Å². The van der Waals surface area contributed by atoms with Crippen LogP contribution in [0.15, 0.2) is 77.7 Å². The first-order valence-electron chi connectivity index (χ1n) is 9.51. The predicted octanol–water partition coefficient (Wildman–Crippen LogP) is 6.52. The standard InChI is InChI=1S/C24H24ClNO2S/c1-3-23(18-8-12-21(28-2)13-9-18)26-24(27)19-6-4-17(5-7-19)16-29-22-14-10-20(25)11-15-22/h4-15,23H,3,16H2,1-2H3,(H,26,27)/t23-/m1/s1. The van der Waals surface area contributed by atoms with Crippen LogP contribution in [0.25, 0.3) is 0 Å². The van der Waals surface area contributed by atoms with Crippen molar-refractivity contribution in [3.63, 3.8) is 0 Å². The van der Waals surface area contributed by atoms with Gasteiger partial charge in [0.2, 0.25) is 0 Å². The molecule has 0 spiro atoms. The molecule has 3 aromatic carbocycles. The molecule has 150 valence electrons. The van der Waals surface area contributed by atoms with Crippen molar-refractivity contribution in [1.29, 1.82) is 0 Å². The highest BCUT2D eigenvalue weighted by atomic mass is 35.5. The van der Waals surface area contributed by atoms with E-state index in [1.165, 1.54) is 10.5 Å². The second kappa shape index (κ2) is 10.4. The number of carbonyl (C=O) groups is 1. The summed E-state index contributed by atoms with van der Waals surface area (Å²) in [6.45, 7) is 2.06. The van der Waals surface area contributed by atoms with Crippen LogP contribution in [0.5, 0.6) is 5.75 Å². The number of hydrogen-bond acceptors (Lipinski definition) is 3. The van der Waals surface area contributed by atoms with Crippen LogP contribution >= 0.6 is 23.4 Å². The molecule has 5 heteroatoms. The van der Waals surface area contributed by atoms with E-state index in [-0.39, 0.29) is 11.9 Å². The SMILES string of the molecule is CC[C@@H](NC(=O)c1ccc(CSc2ccc(Cl)cc2)cc1)c1ccc(OC)cc1. The summed E-state index contributed by atoms with van der Waals surface area (Å²) in [6, 6.07) is 23.4. The third-order valence-electron chi connectivity index (χ3n) is 4.67. The van der Waals surface area contributed by atoms with Gasteiger partial charge in [-0.3, -0.25) is 4.79 Å². The molecule has 0 bridgehead atoms. The molecule has 1 amide bonds. The van der Waals surface area contributed by atoms with Gasteiger partial charge in [0.1, 0.15) is 5.75 Å². The van der Waals surface area contributed by atoms with Crippen molar-refractivity contribution in [2.24, 2.45) is 0 Å². The van der Waals surface area contributed by atoms with Gasteiger partial charge in [-0.05, 0) is 66.1 Å². The second-order valence-corrected chi connectivity index (χ2v) is 8.13. The minimum Gasteiger partial charge on any atom is -0.497 e. The quantitative estimate of drug-likeness (QED) is 0.417. The van der Waals surface area contributed by atoms with Crippen molar-refractivity contribution >= 4 is 29.3 Å². The van der Waals surface area contributed by atoms with Gasteiger partial charge in [-0.15, -0.1) is 11.8 Å². The molecular weight excluding hydrogens is 402 g/mol. The zero-order chi connectivity index (χ0) is 20.6. The van der Waals surface area contributed by atoms with Crippen molar-refractivity contribution < 1.29 is 9.53 Å². The second-order valence-electron chi connectivity index (χ2n) is 6.65. The molecule has 0 radical (unpaired) electrons. The van der Waals surface area contributed by atoms with E-state index in [1.54, 1.807) is 18.9 Å². The zero-order valence-electron chi connectivity index (χ0n) is 16.5. The number of nitrogens with one attached hydrogen (secondary N) is 1. The molecule has 1 N–H and O–H groups in total. The Morgan fingerprint density at radius 1 is 1.00 bits per heavy atom. The van der Waals surface area contributed by atoms with Gasteiger partial charge in [0, 0.05) is 21.2 Å². The van der Waals surface area contributed by atoms with E-state index in [9.17, 15) is 4.79 Å². The molecular formula is C24H24ClNO2S. The molecule has 0 aromatic heterocycles. The normalized spacial score (nSPS) is 11.7. The number of benzene rings is 3. The van der Waals surface area contributed by atoms with E-state index < -0.39 is 0 Å². The maximum absolute atomic E-state index is 12.7. The summed E-state index contributed by atoms with van der Waals surface area (Å²) in [7, 11) is 1.64. The van der Waals surface area contributed by atoms with Crippen LogP contribution in [0, 0.1) is 0 Å². The minimum absolute atomic E-state index is 0.0338. The fourth-order valence-electron chi connectivity index (χ4n) is 2.95. The van der Waals surface area contributed by atoms with Gasteiger partial charge >= 0.3 is 0 Å². The molecule has 0 aliphatic heterocycles. The largest absolute Gasteiger partial charge is 0.497 e. The first-order chi connectivity index (χ1) is 14.1. The van der Waals surface area contributed by atoms with E-state index in [0.29, 0.717) is 5.56 Å². The van der Waals surface area contributed by atoms with Crippen molar-refractivity contribution in [2.45, 2.75) is 30.0 Å². The Bertz CT molecular complexity index is 925. The molecule has 3 rings (SSSR count). The lowest BCUT2D eigenvalue weighted by atomic mass is 10.0. The summed E-state index contributed by atoms with van der Waals surface area (Å²) in [6.07, 6.45) is 0.813. The molecule has 0 saturated carbocycles. The number of hydrogen-bond donors (Lipinski definition) is 1. The summed E-state index contributed by atoms with van der Waals surface area (Å²) in [5.41, 5.74) is 2.90. The Balaban J connectivity index is 1.59. The van der Waals surface area contributed by atoms with Gasteiger partial charge in [-0.2, -0.15) is 0 Å². The third-order valence-corrected chi connectivity index (χ3v) is 6.00. The lowest BCUT2D eigenvalue weighted by Crippen LogP contribution is -2.28. The van der Waals surface area contributed by atoms with Gasteiger partial charge in [0.15, 0.2) is 0 Å². The Hall–Kier alpha value is -2.43. The van der Waals surface area contributed by atoms with Gasteiger partial charge < -0.3 is 10.1 Å². The predicted molar refractivity (Wildman–Crippen MR) is 121 cm³/mol. The van der Waals surface area contributed by atoms with E-state index in [4.69, 9.17) is 16.3 Å². The number of halogens is 1. The third kappa shape index (κ3) is 6.02. The first kappa shape index (κ1) is 21.3. The van der Waals surface area contributed by atoms with Gasteiger partial charge in [-0.25, -0.2) is 0 Å². The van der Waals surface area contributed by atoms with E-state index >= 15 is 0 Å². The summed E-state index contributed by atoms with van der Waals surface area (Å²) < 4.78 is 5.20. The summed E-state index contributed by atoms with van der Waals surface area (Å²) in [5, 5.41) is 3.86. The molecule has 0 saturated heterocycles. The maximum atomic E-state index is 12.7. The fraction of sp³-hybridized carbons (Fsp3) is 0.208. The van der Waals surface area contributed by atoms with Crippen LogP contribution in [0.4, 0.5) is 0 Å². The van der Waals surface area contributed by atoms with Gasteiger partial charge in [0.25, 0.3) is 5.91 Å². The Morgan fingerprint density at radius 2 is 1.66 bits per heavy atom. The average Bonchev–Trinajstić information content (AvgIpc) is 2.77. The fourth-order valence-corrected chi connectivity index (χ4v) is 3.93. The van der Waals surface area contributed by atoms with Crippen molar-refractivity contribution in [3.05, 3.63) is 94.5 Å². The molecule has 3 aromatic rings. The number of thioether (sulfide) groups is 1. The molecule has 0 fully saturated rings.